The molecule has 2 amide bonds. The van der Waals surface area contributed by atoms with Crippen LogP contribution in [0.3, 0.4) is 0 Å². The lowest BCUT2D eigenvalue weighted by atomic mass is 9.78. The molecule has 3 heterocycles. The summed E-state index contributed by atoms with van der Waals surface area (Å²) in [5, 5.41) is 17.4. The zero-order chi connectivity index (χ0) is 22.2. The van der Waals surface area contributed by atoms with Crippen LogP contribution in [0.2, 0.25) is 0 Å². The Morgan fingerprint density at radius 3 is 2.47 bits per heavy atom. The molecule has 7 heteroatoms. The van der Waals surface area contributed by atoms with Gasteiger partial charge in [0, 0.05) is 37.3 Å². The van der Waals surface area contributed by atoms with E-state index < -0.39 is 0 Å². The van der Waals surface area contributed by atoms with Crippen molar-refractivity contribution in [2.24, 2.45) is 29.6 Å². The van der Waals surface area contributed by atoms with E-state index in [9.17, 15) is 9.59 Å². The van der Waals surface area contributed by atoms with Crippen LogP contribution < -0.4 is 26.6 Å². The summed E-state index contributed by atoms with van der Waals surface area (Å²) in [5.74, 6) is 2.70. The molecular weight excluding hydrogens is 402 g/mol. The second-order valence-electron chi connectivity index (χ2n) is 11.6. The van der Waals surface area contributed by atoms with Crippen molar-refractivity contribution in [1.82, 2.24) is 26.6 Å². The Kier molecular flexibility index (Phi) is 6.77. The molecule has 5 rings (SSSR count). The normalized spacial score (nSPS) is 42.8. The maximum absolute atomic E-state index is 13.3. The van der Waals surface area contributed by atoms with Gasteiger partial charge in [-0.3, -0.25) is 9.59 Å². The molecule has 0 bridgehead atoms. The number of piperidine rings is 1. The minimum absolute atomic E-state index is 0.0264. The highest BCUT2D eigenvalue weighted by Crippen LogP contribution is 2.39. The van der Waals surface area contributed by atoms with Crippen molar-refractivity contribution in [2.75, 3.05) is 19.6 Å². The molecule has 5 aliphatic rings. The number of rotatable bonds is 6. The van der Waals surface area contributed by atoms with Gasteiger partial charge in [-0.05, 0) is 75.2 Å². The Morgan fingerprint density at radius 2 is 1.78 bits per heavy atom. The highest BCUT2D eigenvalue weighted by atomic mass is 16.2. The molecule has 5 fully saturated rings. The van der Waals surface area contributed by atoms with Crippen LogP contribution in [-0.4, -0.2) is 61.7 Å². The summed E-state index contributed by atoms with van der Waals surface area (Å²) in [7, 11) is 0. The molecule has 0 aromatic rings. The summed E-state index contributed by atoms with van der Waals surface area (Å²) in [6.07, 6.45) is 9.16. The van der Waals surface area contributed by atoms with Crippen molar-refractivity contribution in [2.45, 2.75) is 95.4 Å². The summed E-state index contributed by atoms with van der Waals surface area (Å²) in [6, 6.07) is 1.19. The predicted octanol–water partition coefficient (Wildman–Crippen LogP) is 1.14. The lowest BCUT2D eigenvalue weighted by Gasteiger charge is -2.40. The van der Waals surface area contributed by atoms with Crippen LogP contribution in [0.5, 0.6) is 0 Å². The monoisotopic (exact) mass is 445 g/mol. The van der Waals surface area contributed by atoms with Gasteiger partial charge in [0.15, 0.2) is 0 Å². The molecule has 3 aliphatic heterocycles. The third-order valence-corrected chi connectivity index (χ3v) is 9.08. The van der Waals surface area contributed by atoms with Gasteiger partial charge in [0.05, 0.1) is 12.0 Å². The van der Waals surface area contributed by atoms with Gasteiger partial charge in [0.2, 0.25) is 11.8 Å². The molecule has 5 N–H and O–H groups in total. The zero-order valence-electron chi connectivity index (χ0n) is 19.9. The van der Waals surface area contributed by atoms with E-state index in [1.807, 2.05) is 0 Å². The van der Waals surface area contributed by atoms with Gasteiger partial charge in [-0.2, -0.15) is 0 Å². The van der Waals surface area contributed by atoms with E-state index in [4.69, 9.17) is 0 Å². The molecule has 2 saturated carbocycles. The van der Waals surface area contributed by atoms with Crippen molar-refractivity contribution >= 4 is 11.8 Å². The first-order valence-electron chi connectivity index (χ1n) is 13.3. The van der Waals surface area contributed by atoms with Crippen molar-refractivity contribution in [3.8, 4) is 0 Å². The number of carbonyl (C=O) groups excluding carboxylic acids is 2. The molecule has 3 saturated heterocycles. The quantitative estimate of drug-likeness (QED) is 0.423. The van der Waals surface area contributed by atoms with Crippen LogP contribution in [0.25, 0.3) is 0 Å². The van der Waals surface area contributed by atoms with Gasteiger partial charge < -0.3 is 26.6 Å². The van der Waals surface area contributed by atoms with Gasteiger partial charge in [-0.25, -0.2) is 0 Å². The van der Waals surface area contributed by atoms with Crippen molar-refractivity contribution < 1.29 is 9.59 Å². The van der Waals surface area contributed by atoms with Crippen molar-refractivity contribution in [3.63, 3.8) is 0 Å². The first kappa shape index (κ1) is 22.6. The van der Waals surface area contributed by atoms with E-state index in [0.29, 0.717) is 36.3 Å². The molecule has 0 radical (unpaired) electrons. The lowest BCUT2D eigenvalue weighted by molar-refractivity contribution is -0.128. The maximum atomic E-state index is 13.3. The second-order valence-corrected chi connectivity index (χ2v) is 11.6. The number of amides is 2. The Balaban J connectivity index is 1.16. The van der Waals surface area contributed by atoms with Crippen LogP contribution in [0.15, 0.2) is 0 Å². The van der Waals surface area contributed by atoms with E-state index in [0.717, 1.165) is 32.4 Å². The van der Waals surface area contributed by atoms with Gasteiger partial charge >= 0.3 is 0 Å². The van der Waals surface area contributed by atoms with Crippen LogP contribution in [0, 0.1) is 29.6 Å². The Bertz CT molecular complexity index is 692. The van der Waals surface area contributed by atoms with Gasteiger partial charge in [0.1, 0.15) is 0 Å². The summed E-state index contributed by atoms with van der Waals surface area (Å²) in [6.45, 7) is 7.17. The van der Waals surface area contributed by atoms with Crippen molar-refractivity contribution in [1.29, 1.82) is 0 Å². The fourth-order valence-electron chi connectivity index (χ4n) is 7.03. The molecule has 0 aromatic carbocycles. The molecule has 32 heavy (non-hydrogen) atoms. The highest BCUT2D eigenvalue weighted by Gasteiger charge is 2.46. The van der Waals surface area contributed by atoms with E-state index in [2.05, 4.69) is 40.4 Å². The van der Waals surface area contributed by atoms with E-state index in [-0.39, 0.29) is 41.9 Å². The standard InChI is InChI=1S/C25H43N5O2/c1-14-4-3-5-17-11-20(29-21(14)17)25(32)30-23(16-6-7-16)22-15(2)10-18(12-27-22)24(31)28-19-8-9-26-13-19/h14-23,26-27,29H,3-13H2,1-2H3,(H,28,31)(H,30,32). The molecule has 9 atom stereocenters. The number of fused-ring (bicyclic) bond motifs is 1. The van der Waals surface area contributed by atoms with Crippen molar-refractivity contribution in [3.05, 3.63) is 0 Å². The Labute approximate surface area is 193 Å². The maximum Gasteiger partial charge on any atom is 0.237 e. The number of nitrogens with one attached hydrogen (secondary N) is 5. The third-order valence-electron chi connectivity index (χ3n) is 9.08. The van der Waals surface area contributed by atoms with E-state index in [1.165, 1.54) is 32.1 Å². The fourth-order valence-corrected chi connectivity index (χ4v) is 7.03. The number of carbonyl (C=O) groups is 2. The minimum Gasteiger partial charge on any atom is -0.352 e. The van der Waals surface area contributed by atoms with Gasteiger partial charge in [-0.15, -0.1) is 0 Å². The predicted molar refractivity (Wildman–Crippen MR) is 125 cm³/mol. The molecule has 0 aromatic heterocycles. The third kappa shape index (κ3) is 4.85. The molecular formula is C25H43N5O2. The van der Waals surface area contributed by atoms with E-state index >= 15 is 0 Å². The fraction of sp³-hybridized carbons (Fsp3) is 0.920. The molecule has 7 nitrogen and oxygen atoms in total. The molecule has 0 spiro atoms. The topological polar surface area (TPSA) is 94.3 Å². The minimum atomic E-state index is -0.0377. The van der Waals surface area contributed by atoms with E-state index in [1.54, 1.807) is 0 Å². The van der Waals surface area contributed by atoms with Gasteiger partial charge in [-0.1, -0.05) is 20.3 Å². The van der Waals surface area contributed by atoms with Crippen LogP contribution >= 0.6 is 0 Å². The Morgan fingerprint density at radius 1 is 0.938 bits per heavy atom. The largest absolute Gasteiger partial charge is 0.352 e. The average Bonchev–Trinajstić information content (AvgIpc) is 3.29. The summed E-state index contributed by atoms with van der Waals surface area (Å²) in [5.41, 5.74) is 0. The lowest BCUT2D eigenvalue weighted by Crippen LogP contribution is -2.61. The molecule has 180 valence electrons. The summed E-state index contributed by atoms with van der Waals surface area (Å²) in [4.78, 5) is 26.0. The molecule has 2 aliphatic carbocycles. The van der Waals surface area contributed by atoms with Gasteiger partial charge in [0.25, 0.3) is 0 Å². The highest BCUT2D eigenvalue weighted by molar-refractivity contribution is 5.82. The van der Waals surface area contributed by atoms with Crippen LogP contribution in [0.1, 0.15) is 65.2 Å². The average molecular weight is 446 g/mol. The summed E-state index contributed by atoms with van der Waals surface area (Å²) < 4.78 is 0. The second kappa shape index (κ2) is 9.59. The zero-order valence-corrected chi connectivity index (χ0v) is 19.9. The van der Waals surface area contributed by atoms with Crippen LogP contribution in [0.4, 0.5) is 0 Å². The SMILES string of the molecule is CC1CCCC2CC(C(=O)NC(C3CC3)C3NCC(C(=O)NC4CCNC4)CC3C)NC12. The smallest absolute Gasteiger partial charge is 0.237 e. The first-order chi connectivity index (χ1) is 15.5. The molecule has 9 unspecified atom stereocenters. The first-order valence-corrected chi connectivity index (χ1v) is 13.3. The number of hydrogen-bond acceptors (Lipinski definition) is 5. The number of hydrogen-bond donors (Lipinski definition) is 5. The Hall–Kier alpha value is -1.18. The summed E-state index contributed by atoms with van der Waals surface area (Å²) >= 11 is 0. The van der Waals surface area contributed by atoms with Crippen LogP contribution in [-0.2, 0) is 9.59 Å².